The van der Waals surface area contributed by atoms with Crippen molar-refractivity contribution >= 4 is 44.1 Å². The molecule has 0 saturated carbocycles. The van der Waals surface area contributed by atoms with Gasteiger partial charge in [-0.15, -0.1) is 0 Å². The lowest BCUT2D eigenvalue weighted by Crippen LogP contribution is -2.17. The van der Waals surface area contributed by atoms with E-state index in [0.29, 0.717) is 11.6 Å². The van der Waals surface area contributed by atoms with Crippen molar-refractivity contribution in [3.8, 4) is 0 Å². The second-order valence-corrected chi connectivity index (χ2v) is 6.22. The summed E-state index contributed by atoms with van der Waals surface area (Å²) in [6, 6.07) is 7.77. The number of fused-ring (bicyclic) bond motifs is 1. The average Bonchev–Trinajstić information content (AvgIpc) is 2.83. The highest BCUT2D eigenvalue weighted by Crippen LogP contribution is 2.32. The molecule has 0 aliphatic carbocycles. The standard InChI is InChI=1S/C15H13BrClN3O/c1-9-5-11(19-21-9)8-20(2)14-3-4-18-15-12(14)6-10(16)7-13(15)17/h3-7H,8H2,1-2H3. The number of nitrogens with zero attached hydrogens (tertiary/aromatic N) is 3. The van der Waals surface area contributed by atoms with Crippen molar-refractivity contribution in [2.24, 2.45) is 0 Å². The smallest absolute Gasteiger partial charge is 0.133 e. The molecule has 6 heteroatoms. The topological polar surface area (TPSA) is 42.2 Å². The van der Waals surface area contributed by atoms with Gasteiger partial charge in [0.1, 0.15) is 11.5 Å². The first kappa shape index (κ1) is 14.4. The first-order valence-corrected chi connectivity index (χ1v) is 7.59. The Hall–Kier alpha value is -1.59. The summed E-state index contributed by atoms with van der Waals surface area (Å²) in [6.07, 6.45) is 1.77. The van der Waals surface area contributed by atoms with Crippen LogP contribution in [0.3, 0.4) is 0 Å². The summed E-state index contributed by atoms with van der Waals surface area (Å²) in [5.74, 6) is 0.809. The summed E-state index contributed by atoms with van der Waals surface area (Å²) in [7, 11) is 2.01. The molecule has 0 radical (unpaired) electrons. The number of halogens is 2. The summed E-state index contributed by atoms with van der Waals surface area (Å²) in [4.78, 5) is 6.46. The molecule has 0 aliphatic heterocycles. The number of pyridine rings is 1. The minimum absolute atomic E-state index is 0.631. The lowest BCUT2D eigenvalue weighted by Gasteiger charge is -2.20. The van der Waals surface area contributed by atoms with Crippen LogP contribution in [0.4, 0.5) is 5.69 Å². The zero-order valence-electron chi connectivity index (χ0n) is 11.6. The summed E-state index contributed by atoms with van der Waals surface area (Å²) in [6.45, 7) is 2.54. The van der Waals surface area contributed by atoms with Gasteiger partial charge in [0.05, 0.1) is 17.1 Å². The molecule has 0 atom stereocenters. The Morgan fingerprint density at radius 2 is 2.14 bits per heavy atom. The van der Waals surface area contributed by atoms with Crippen LogP contribution in [-0.4, -0.2) is 17.2 Å². The molecule has 0 aliphatic rings. The van der Waals surface area contributed by atoms with E-state index >= 15 is 0 Å². The minimum Gasteiger partial charge on any atom is -0.368 e. The van der Waals surface area contributed by atoms with Gasteiger partial charge in [-0.2, -0.15) is 0 Å². The van der Waals surface area contributed by atoms with Gasteiger partial charge in [0, 0.05) is 34.9 Å². The van der Waals surface area contributed by atoms with Gasteiger partial charge in [-0.3, -0.25) is 4.98 Å². The monoisotopic (exact) mass is 365 g/mol. The average molecular weight is 367 g/mol. The third-order valence-corrected chi connectivity index (χ3v) is 3.97. The summed E-state index contributed by atoms with van der Waals surface area (Å²) >= 11 is 9.74. The number of aryl methyl sites for hydroxylation is 1. The van der Waals surface area contributed by atoms with E-state index in [4.69, 9.17) is 16.1 Å². The minimum atomic E-state index is 0.631. The molecule has 0 spiro atoms. The third-order valence-electron chi connectivity index (χ3n) is 3.23. The van der Waals surface area contributed by atoms with Crippen LogP contribution in [-0.2, 0) is 6.54 Å². The van der Waals surface area contributed by atoms with Crippen molar-refractivity contribution in [3.63, 3.8) is 0 Å². The Morgan fingerprint density at radius 3 is 2.86 bits per heavy atom. The lowest BCUT2D eigenvalue weighted by molar-refractivity contribution is 0.390. The Balaban J connectivity index is 2.03. The van der Waals surface area contributed by atoms with Crippen molar-refractivity contribution in [1.29, 1.82) is 0 Å². The molecule has 21 heavy (non-hydrogen) atoms. The normalized spacial score (nSPS) is 11.0. The van der Waals surface area contributed by atoms with E-state index in [9.17, 15) is 0 Å². The molecule has 0 unspecified atom stereocenters. The van der Waals surface area contributed by atoms with E-state index in [1.54, 1.807) is 6.20 Å². The van der Waals surface area contributed by atoms with Crippen LogP contribution in [0.15, 0.2) is 39.5 Å². The first-order valence-electron chi connectivity index (χ1n) is 6.41. The van der Waals surface area contributed by atoms with E-state index in [-0.39, 0.29) is 0 Å². The maximum atomic E-state index is 6.26. The first-order chi connectivity index (χ1) is 10.0. The summed E-state index contributed by atoms with van der Waals surface area (Å²) in [5.41, 5.74) is 2.73. The van der Waals surface area contributed by atoms with Crippen LogP contribution in [0.5, 0.6) is 0 Å². The van der Waals surface area contributed by atoms with Gasteiger partial charge in [-0.05, 0) is 25.1 Å². The molecule has 3 rings (SSSR count). The Morgan fingerprint density at radius 1 is 1.33 bits per heavy atom. The van der Waals surface area contributed by atoms with Crippen molar-refractivity contribution in [3.05, 3.63) is 51.4 Å². The largest absolute Gasteiger partial charge is 0.368 e. The summed E-state index contributed by atoms with van der Waals surface area (Å²) in [5, 5.41) is 5.66. The number of hydrogen-bond donors (Lipinski definition) is 0. The van der Waals surface area contributed by atoms with E-state index in [2.05, 4.69) is 31.0 Å². The van der Waals surface area contributed by atoms with E-state index < -0.39 is 0 Å². The highest BCUT2D eigenvalue weighted by atomic mass is 79.9. The molecular weight excluding hydrogens is 354 g/mol. The fourth-order valence-corrected chi connectivity index (χ4v) is 3.18. The Labute approximate surface area is 135 Å². The van der Waals surface area contributed by atoms with Crippen LogP contribution < -0.4 is 4.90 Å². The SMILES string of the molecule is Cc1cc(CN(C)c2ccnc3c(Cl)cc(Br)cc23)no1. The van der Waals surface area contributed by atoms with Crippen LogP contribution in [0, 0.1) is 6.92 Å². The maximum Gasteiger partial charge on any atom is 0.133 e. The zero-order chi connectivity index (χ0) is 15.0. The number of hydrogen-bond acceptors (Lipinski definition) is 4. The Bertz CT molecular complexity index is 803. The van der Waals surface area contributed by atoms with Gasteiger partial charge in [0.15, 0.2) is 0 Å². The molecule has 2 heterocycles. The fraction of sp³-hybridized carbons (Fsp3) is 0.200. The molecule has 2 aromatic heterocycles. The second-order valence-electron chi connectivity index (χ2n) is 4.90. The highest BCUT2D eigenvalue weighted by molar-refractivity contribution is 9.10. The van der Waals surface area contributed by atoms with Gasteiger partial charge in [-0.1, -0.05) is 32.7 Å². The molecule has 0 saturated heterocycles. The number of aromatic nitrogens is 2. The number of benzene rings is 1. The van der Waals surface area contributed by atoms with Crippen LogP contribution in [0.1, 0.15) is 11.5 Å². The van der Waals surface area contributed by atoms with Gasteiger partial charge in [0.2, 0.25) is 0 Å². The molecule has 3 aromatic rings. The zero-order valence-corrected chi connectivity index (χ0v) is 13.9. The molecule has 0 fully saturated rings. The fourth-order valence-electron chi connectivity index (χ4n) is 2.32. The molecule has 108 valence electrons. The van der Waals surface area contributed by atoms with Crippen molar-refractivity contribution < 1.29 is 4.52 Å². The number of rotatable bonds is 3. The van der Waals surface area contributed by atoms with Crippen LogP contribution >= 0.6 is 27.5 Å². The van der Waals surface area contributed by atoms with E-state index in [1.165, 1.54) is 0 Å². The maximum absolute atomic E-state index is 6.26. The van der Waals surface area contributed by atoms with Crippen molar-refractivity contribution in [1.82, 2.24) is 10.1 Å². The van der Waals surface area contributed by atoms with Crippen molar-refractivity contribution in [2.45, 2.75) is 13.5 Å². The van der Waals surface area contributed by atoms with Crippen molar-refractivity contribution in [2.75, 3.05) is 11.9 Å². The van der Waals surface area contributed by atoms with Gasteiger partial charge >= 0.3 is 0 Å². The number of anilines is 1. The van der Waals surface area contributed by atoms with E-state index in [1.807, 2.05) is 38.2 Å². The van der Waals surface area contributed by atoms with Crippen LogP contribution in [0.25, 0.3) is 10.9 Å². The third kappa shape index (κ3) is 2.89. The molecule has 4 nitrogen and oxygen atoms in total. The van der Waals surface area contributed by atoms with Gasteiger partial charge < -0.3 is 9.42 Å². The Kier molecular flexibility index (Phi) is 3.87. The molecule has 1 aromatic carbocycles. The van der Waals surface area contributed by atoms with Gasteiger partial charge in [0.25, 0.3) is 0 Å². The lowest BCUT2D eigenvalue weighted by atomic mass is 10.1. The molecule has 0 bridgehead atoms. The highest BCUT2D eigenvalue weighted by Gasteiger charge is 2.12. The predicted octanol–water partition coefficient (Wildman–Crippen LogP) is 4.58. The second kappa shape index (κ2) is 5.66. The van der Waals surface area contributed by atoms with Crippen LogP contribution in [0.2, 0.25) is 5.02 Å². The molecular formula is C15H13BrClN3O. The summed E-state index contributed by atoms with van der Waals surface area (Å²) < 4.78 is 6.04. The predicted molar refractivity (Wildman–Crippen MR) is 87.8 cm³/mol. The quantitative estimate of drug-likeness (QED) is 0.680. The van der Waals surface area contributed by atoms with E-state index in [0.717, 1.165) is 32.5 Å². The molecule has 0 amide bonds. The van der Waals surface area contributed by atoms with Gasteiger partial charge in [-0.25, -0.2) is 0 Å². The molecule has 0 N–H and O–H groups in total.